The first-order chi connectivity index (χ1) is 17.3. The van der Waals surface area contributed by atoms with E-state index in [1.807, 2.05) is 0 Å². The van der Waals surface area contributed by atoms with Gasteiger partial charge in [-0.2, -0.15) is 0 Å². The van der Waals surface area contributed by atoms with Crippen LogP contribution in [0.4, 0.5) is 0 Å². The lowest BCUT2D eigenvalue weighted by molar-refractivity contribution is -0.142. The number of aromatic hydroxyl groups is 1. The number of nitrogens with two attached hydrogens (primary N) is 3. The highest BCUT2D eigenvalue weighted by Gasteiger charge is 2.32. The number of phenols is 1. The number of guanidine groups is 1. The van der Waals surface area contributed by atoms with Crippen LogP contribution in [0.5, 0.6) is 5.75 Å². The van der Waals surface area contributed by atoms with Crippen LogP contribution in [0, 0.1) is 5.92 Å². The third-order valence-corrected chi connectivity index (χ3v) is 5.35. The number of aliphatic imine (C=N–C) groups is 1. The molecule has 4 atom stereocenters. The fourth-order valence-electron chi connectivity index (χ4n) is 3.25. The Morgan fingerprint density at radius 2 is 1.54 bits per heavy atom. The number of carbonyl (C=O) groups excluding carboxylic acids is 3. The highest BCUT2D eigenvalue weighted by molar-refractivity contribution is 5.94. The van der Waals surface area contributed by atoms with Crippen molar-refractivity contribution in [2.24, 2.45) is 28.1 Å². The molecule has 206 valence electrons. The number of carbonyl (C=O) groups is 4. The lowest BCUT2D eigenvalue weighted by Crippen LogP contribution is -2.59. The normalized spacial score (nSPS) is 14.1. The maximum atomic E-state index is 13.2. The Hall–Kier alpha value is -3.91. The van der Waals surface area contributed by atoms with Gasteiger partial charge in [-0.15, -0.1) is 0 Å². The maximum absolute atomic E-state index is 13.2. The Kier molecular flexibility index (Phi) is 12.8. The van der Waals surface area contributed by atoms with Crippen LogP contribution >= 0.6 is 0 Å². The minimum atomic E-state index is -1.27. The van der Waals surface area contributed by atoms with Gasteiger partial charge in [0.1, 0.15) is 29.9 Å². The first kappa shape index (κ1) is 31.1. The quantitative estimate of drug-likeness (QED) is 0.0663. The van der Waals surface area contributed by atoms with E-state index in [0.717, 1.165) is 0 Å². The zero-order chi connectivity index (χ0) is 28.1. The molecule has 0 aromatic heterocycles. The van der Waals surface area contributed by atoms with Gasteiger partial charge in [0.25, 0.3) is 0 Å². The van der Waals surface area contributed by atoms with E-state index in [1.165, 1.54) is 12.1 Å². The fourth-order valence-corrected chi connectivity index (χ4v) is 3.25. The molecule has 1 rings (SSSR count). The second-order valence-corrected chi connectivity index (χ2v) is 8.80. The molecule has 3 amide bonds. The van der Waals surface area contributed by atoms with E-state index in [0.29, 0.717) is 12.0 Å². The number of nitrogens with zero attached hydrogens (tertiary/aromatic N) is 1. The molecule has 4 unspecified atom stereocenters. The van der Waals surface area contributed by atoms with Crippen molar-refractivity contribution in [1.29, 1.82) is 0 Å². The Morgan fingerprint density at radius 3 is 2.05 bits per heavy atom. The SMILES string of the molecule is CC(C)C(NC(=O)C(Cc1ccc(O)cc1)NC(=O)C(N)CO)C(=O)NC(CCCN=C(N)N)C(=O)O. The molecular formula is C23H37N7O7. The Morgan fingerprint density at radius 1 is 0.946 bits per heavy atom. The summed E-state index contributed by atoms with van der Waals surface area (Å²) in [6.45, 7) is 2.86. The molecule has 12 N–H and O–H groups in total. The van der Waals surface area contributed by atoms with Crippen molar-refractivity contribution >= 4 is 29.7 Å². The van der Waals surface area contributed by atoms with Crippen LogP contribution in [-0.4, -0.2) is 82.3 Å². The number of amides is 3. The van der Waals surface area contributed by atoms with Crippen LogP contribution in [-0.2, 0) is 25.6 Å². The van der Waals surface area contributed by atoms with E-state index >= 15 is 0 Å². The molecule has 1 aromatic rings. The second-order valence-electron chi connectivity index (χ2n) is 8.80. The first-order valence-corrected chi connectivity index (χ1v) is 11.7. The van der Waals surface area contributed by atoms with Crippen molar-refractivity contribution in [3.05, 3.63) is 29.8 Å². The van der Waals surface area contributed by atoms with Gasteiger partial charge in [-0.25, -0.2) is 4.79 Å². The predicted octanol–water partition coefficient (Wildman–Crippen LogP) is -2.50. The van der Waals surface area contributed by atoms with Gasteiger partial charge in [0, 0.05) is 13.0 Å². The largest absolute Gasteiger partial charge is 0.508 e. The van der Waals surface area contributed by atoms with Crippen molar-refractivity contribution in [3.63, 3.8) is 0 Å². The number of aliphatic hydroxyl groups is 1. The third kappa shape index (κ3) is 11.1. The molecule has 0 fully saturated rings. The topological polar surface area (TPSA) is 255 Å². The van der Waals surface area contributed by atoms with E-state index in [1.54, 1.807) is 26.0 Å². The fraction of sp³-hybridized carbons (Fsp3) is 0.522. The molecule has 0 heterocycles. The van der Waals surface area contributed by atoms with Crippen LogP contribution in [0.15, 0.2) is 29.3 Å². The third-order valence-electron chi connectivity index (χ3n) is 5.35. The summed E-state index contributed by atoms with van der Waals surface area (Å²) in [6.07, 6.45) is 0.333. The number of hydrogen-bond donors (Lipinski definition) is 9. The molecule has 0 aliphatic carbocycles. The van der Waals surface area contributed by atoms with Crippen LogP contribution in [0.1, 0.15) is 32.3 Å². The lowest BCUT2D eigenvalue weighted by atomic mass is 10.00. The molecule has 14 nitrogen and oxygen atoms in total. The molecule has 1 aromatic carbocycles. The summed E-state index contributed by atoms with van der Waals surface area (Å²) in [4.78, 5) is 53.8. The highest BCUT2D eigenvalue weighted by atomic mass is 16.4. The number of carboxylic acids is 1. The average molecular weight is 524 g/mol. The van der Waals surface area contributed by atoms with Gasteiger partial charge in [-0.1, -0.05) is 26.0 Å². The molecule has 0 aliphatic heterocycles. The summed E-state index contributed by atoms with van der Waals surface area (Å²) in [7, 11) is 0. The number of phenolic OH excluding ortho intramolecular Hbond substituents is 1. The molecule has 37 heavy (non-hydrogen) atoms. The summed E-state index contributed by atoms with van der Waals surface area (Å²) in [5.41, 5.74) is 16.6. The van der Waals surface area contributed by atoms with E-state index in [9.17, 15) is 29.4 Å². The van der Waals surface area contributed by atoms with E-state index < -0.39 is 60.4 Å². The summed E-state index contributed by atoms with van der Waals surface area (Å²) in [5.74, 6) is -4.04. The Labute approximate surface area is 214 Å². The molecule has 0 spiro atoms. The Bertz CT molecular complexity index is 949. The van der Waals surface area contributed by atoms with Crippen molar-refractivity contribution in [1.82, 2.24) is 16.0 Å². The van der Waals surface area contributed by atoms with Crippen LogP contribution in [0.2, 0.25) is 0 Å². The van der Waals surface area contributed by atoms with Crippen LogP contribution < -0.4 is 33.2 Å². The second kappa shape index (κ2) is 15.3. The molecule has 0 aliphatic rings. The van der Waals surface area contributed by atoms with Gasteiger partial charge in [-0.05, 0) is 36.5 Å². The van der Waals surface area contributed by atoms with E-state index in [4.69, 9.17) is 22.3 Å². The highest BCUT2D eigenvalue weighted by Crippen LogP contribution is 2.12. The molecule has 0 bridgehead atoms. The monoisotopic (exact) mass is 523 g/mol. The molecular weight excluding hydrogens is 486 g/mol. The number of hydrogen-bond acceptors (Lipinski definition) is 8. The van der Waals surface area contributed by atoms with Crippen LogP contribution in [0.25, 0.3) is 0 Å². The standard InChI is InChI=1S/C23H37N7O7/c1-12(2)18(21(35)28-16(22(36)37)4-3-9-27-23(25)26)30-20(34)17(29-19(33)15(24)11-31)10-13-5-7-14(32)8-6-13/h5-8,12,15-18,31-32H,3-4,9-11,24H2,1-2H3,(H,28,35)(H,29,33)(H,30,34)(H,36,37)(H4,25,26,27). The van der Waals surface area contributed by atoms with Crippen molar-refractivity contribution in [3.8, 4) is 5.75 Å². The number of benzene rings is 1. The zero-order valence-electron chi connectivity index (χ0n) is 20.9. The minimum Gasteiger partial charge on any atom is -0.508 e. The average Bonchev–Trinajstić information content (AvgIpc) is 2.83. The minimum absolute atomic E-state index is 0.00895. The summed E-state index contributed by atoms with van der Waals surface area (Å²) < 4.78 is 0. The number of rotatable bonds is 15. The molecule has 0 saturated carbocycles. The van der Waals surface area contributed by atoms with Crippen molar-refractivity contribution < 1.29 is 34.5 Å². The molecule has 14 heteroatoms. The smallest absolute Gasteiger partial charge is 0.326 e. The van der Waals surface area contributed by atoms with Gasteiger partial charge in [0.15, 0.2) is 5.96 Å². The van der Waals surface area contributed by atoms with Gasteiger partial charge < -0.3 is 48.5 Å². The summed E-state index contributed by atoms with van der Waals surface area (Å²) >= 11 is 0. The molecule has 0 saturated heterocycles. The zero-order valence-corrected chi connectivity index (χ0v) is 20.9. The number of nitrogens with one attached hydrogen (secondary N) is 3. The maximum Gasteiger partial charge on any atom is 0.326 e. The van der Waals surface area contributed by atoms with Gasteiger partial charge in [-0.3, -0.25) is 19.4 Å². The van der Waals surface area contributed by atoms with Gasteiger partial charge in [0.2, 0.25) is 17.7 Å². The van der Waals surface area contributed by atoms with E-state index in [-0.39, 0.29) is 31.1 Å². The van der Waals surface area contributed by atoms with Crippen LogP contribution in [0.3, 0.4) is 0 Å². The summed E-state index contributed by atoms with van der Waals surface area (Å²) in [6, 6.07) is 1.12. The van der Waals surface area contributed by atoms with Crippen molar-refractivity contribution in [2.45, 2.75) is 57.3 Å². The number of aliphatic hydroxyl groups excluding tert-OH is 1. The predicted molar refractivity (Wildman–Crippen MR) is 135 cm³/mol. The van der Waals surface area contributed by atoms with Gasteiger partial charge >= 0.3 is 5.97 Å². The van der Waals surface area contributed by atoms with Crippen molar-refractivity contribution in [2.75, 3.05) is 13.2 Å². The number of carboxylic acid groups (broad SMARTS) is 1. The summed E-state index contributed by atoms with van der Waals surface area (Å²) in [5, 5.41) is 35.6. The number of aliphatic carboxylic acids is 1. The lowest BCUT2D eigenvalue weighted by Gasteiger charge is -2.27. The van der Waals surface area contributed by atoms with Gasteiger partial charge in [0.05, 0.1) is 6.61 Å². The van der Waals surface area contributed by atoms with E-state index in [2.05, 4.69) is 20.9 Å². The Balaban J connectivity index is 3.01. The molecule has 0 radical (unpaired) electrons. The first-order valence-electron chi connectivity index (χ1n) is 11.7.